The Bertz CT molecular complexity index is 1420. The molecule has 7 nitrogen and oxygen atoms in total. The smallest absolute Gasteiger partial charge is 0.325 e. The van der Waals surface area contributed by atoms with Crippen molar-refractivity contribution in [1.29, 1.82) is 0 Å². The Hall–Kier alpha value is -2.65. The van der Waals surface area contributed by atoms with Crippen molar-refractivity contribution in [3.63, 3.8) is 0 Å². The molecule has 0 aliphatic carbocycles. The summed E-state index contributed by atoms with van der Waals surface area (Å²) in [6.07, 6.45) is -0.720. The van der Waals surface area contributed by atoms with E-state index in [4.69, 9.17) is 5.10 Å². The van der Waals surface area contributed by atoms with Gasteiger partial charge in [-0.25, -0.2) is 4.90 Å². The molecule has 37 heavy (non-hydrogen) atoms. The van der Waals surface area contributed by atoms with E-state index in [1.807, 2.05) is 37.3 Å². The molecule has 0 saturated heterocycles. The Morgan fingerprint density at radius 3 is 2.24 bits per heavy atom. The number of benzene rings is 2. The van der Waals surface area contributed by atoms with Crippen LogP contribution in [0.15, 0.2) is 44.8 Å². The lowest BCUT2D eigenvalue weighted by Gasteiger charge is -2.34. The molecule has 2 heterocycles. The zero-order chi connectivity index (χ0) is 27.4. The van der Waals surface area contributed by atoms with Crippen LogP contribution in [0.3, 0.4) is 0 Å². The zero-order valence-electron chi connectivity index (χ0n) is 22.6. The largest absolute Gasteiger partial charge is 0.507 e. The fourth-order valence-corrected chi connectivity index (χ4v) is 5.73. The number of H-pyrrole nitrogens is 1. The van der Waals surface area contributed by atoms with Crippen molar-refractivity contribution in [2.24, 2.45) is 0 Å². The van der Waals surface area contributed by atoms with E-state index in [0.717, 1.165) is 26.9 Å². The molecule has 0 bridgehead atoms. The number of anilines is 1. The van der Waals surface area contributed by atoms with E-state index < -0.39 is 6.17 Å². The van der Waals surface area contributed by atoms with Gasteiger partial charge in [0.15, 0.2) is 0 Å². The maximum absolute atomic E-state index is 13.5. The van der Waals surface area contributed by atoms with Crippen LogP contribution in [0.2, 0.25) is 0 Å². The molecule has 196 valence electrons. The second kappa shape index (κ2) is 9.58. The number of hydrogen-bond acceptors (Lipinski definition) is 5. The molecule has 1 atom stereocenters. The van der Waals surface area contributed by atoms with Gasteiger partial charge in [0.05, 0.1) is 11.3 Å². The molecule has 0 spiro atoms. The normalized spacial score (nSPS) is 15.4. The number of thioether (sulfide) groups is 1. The third-order valence-corrected chi connectivity index (χ3v) is 7.72. The lowest BCUT2D eigenvalue weighted by molar-refractivity contribution is -0.763. The highest BCUT2D eigenvalue weighted by molar-refractivity contribution is 9.10. The molecule has 1 aliphatic rings. The number of amides is 1. The van der Waals surface area contributed by atoms with E-state index in [1.165, 1.54) is 18.7 Å². The minimum atomic E-state index is -0.720. The summed E-state index contributed by atoms with van der Waals surface area (Å²) >= 11 is 4.95. The minimum absolute atomic E-state index is 0.179. The molecular weight excluding hydrogens is 552 g/mol. The first-order chi connectivity index (χ1) is 17.1. The lowest BCUT2D eigenvalue weighted by Crippen LogP contribution is -2.60. The highest BCUT2D eigenvalue weighted by Crippen LogP contribution is 2.44. The van der Waals surface area contributed by atoms with Crippen LogP contribution in [-0.4, -0.2) is 26.8 Å². The number of rotatable bonds is 3. The summed E-state index contributed by atoms with van der Waals surface area (Å²) in [5, 5.41) is 16.7. The Morgan fingerprint density at radius 2 is 1.73 bits per heavy atom. The first-order valence-electron chi connectivity index (χ1n) is 12.3. The monoisotopic (exact) mass is 585 g/mol. The van der Waals surface area contributed by atoms with E-state index in [0.29, 0.717) is 22.1 Å². The number of carbonyl (C=O) groups excluding carboxylic acids is 1. The second-order valence-electron chi connectivity index (χ2n) is 11.4. The average Bonchev–Trinajstić information content (AvgIpc) is 2.76. The van der Waals surface area contributed by atoms with Crippen molar-refractivity contribution < 1.29 is 14.6 Å². The van der Waals surface area contributed by atoms with Gasteiger partial charge in [-0.3, -0.25) is 14.6 Å². The fraction of sp³-hybridized carbons (Fsp3) is 0.429. The lowest BCUT2D eigenvalue weighted by atomic mass is 9.78. The number of aromatic amines is 1. The van der Waals surface area contributed by atoms with Gasteiger partial charge >= 0.3 is 11.3 Å². The molecule has 2 aromatic carbocycles. The highest BCUT2D eigenvalue weighted by atomic mass is 79.9. The van der Waals surface area contributed by atoms with Gasteiger partial charge in [0.1, 0.15) is 5.75 Å². The first-order valence-corrected chi connectivity index (χ1v) is 14.1. The van der Waals surface area contributed by atoms with E-state index in [1.54, 1.807) is 9.58 Å². The summed E-state index contributed by atoms with van der Waals surface area (Å²) < 4.78 is 2.46. The maximum Gasteiger partial charge on any atom is 0.325 e. The third kappa shape index (κ3) is 4.95. The molecular formula is C28H34BrN4O3S+. The number of nitrogens with one attached hydrogen (secondary N) is 1. The van der Waals surface area contributed by atoms with Crippen molar-refractivity contribution in [3.05, 3.63) is 61.8 Å². The Labute approximate surface area is 230 Å². The molecule has 0 fully saturated rings. The zero-order valence-corrected chi connectivity index (χ0v) is 25.0. The van der Waals surface area contributed by atoms with E-state index in [2.05, 4.69) is 62.5 Å². The number of nitrogens with zero attached hydrogens (tertiary/aromatic N) is 3. The fourth-order valence-electron chi connectivity index (χ4n) is 4.79. The second-order valence-corrected chi connectivity index (χ2v) is 13.5. The predicted molar refractivity (Wildman–Crippen MR) is 151 cm³/mol. The van der Waals surface area contributed by atoms with Crippen LogP contribution in [0.1, 0.15) is 78.2 Å². The van der Waals surface area contributed by atoms with Gasteiger partial charge in [-0.05, 0) is 51.6 Å². The Morgan fingerprint density at radius 1 is 1.14 bits per heavy atom. The number of phenols is 1. The number of aromatic hydroxyl groups is 1. The van der Waals surface area contributed by atoms with Crippen LogP contribution < -0.4 is 15.1 Å². The number of halogens is 1. The standard InChI is InChI=1S/C28H33BrN4O3S/c1-9-37-26-30-24(36)22-18-14-17(29)10-11-21(18)32(15(2)34)25(33(22)31-26)16-12-19(27(3,4)5)23(35)20(13-16)28(6,7)8/h10-14,25H,9H2,1-8H3,(H-,30,31,35,36)/p+1/t25-/m0/s1. The summed E-state index contributed by atoms with van der Waals surface area (Å²) in [5.74, 6) is 0.804. The van der Waals surface area contributed by atoms with Gasteiger partial charge in [-0.2, -0.15) is 0 Å². The number of phenolic OH excluding ortho intramolecular Hbond substituents is 1. The van der Waals surface area contributed by atoms with Crippen molar-refractivity contribution in [1.82, 2.24) is 10.1 Å². The van der Waals surface area contributed by atoms with Gasteiger partial charge in [-0.1, -0.05) is 76.2 Å². The number of carbonyl (C=O) groups is 1. The Kier molecular flexibility index (Phi) is 7.09. The van der Waals surface area contributed by atoms with E-state index >= 15 is 0 Å². The van der Waals surface area contributed by atoms with Crippen molar-refractivity contribution in [2.75, 3.05) is 10.7 Å². The molecule has 3 aromatic rings. The molecule has 1 aromatic heterocycles. The number of hydrogen-bond donors (Lipinski definition) is 2. The van der Waals surface area contributed by atoms with E-state index in [9.17, 15) is 14.7 Å². The number of fused-ring (bicyclic) bond motifs is 3. The number of aromatic nitrogens is 3. The van der Waals surface area contributed by atoms with Gasteiger partial charge in [0, 0.05) is 33.2 Å². The quantitative estimate of drug-likeness (QED) is 0.299. The third-order valence-electron chi connectivity index (χ3n) is 6.48. The van der Waals surface area contributed by atoms with E-state index in [-0.39, 0.29) is 28.0 Å². The van der Waals surface area contributed by atoms with Crippen molar-refractivity contribution >= 4 is 39.3 Å². The molecule has 1 aliphatic heterocycles. The van der Waals surface area contributed by atoms with Gasteiger partial charge < -0.3 is 5.11 Å². The molecule has 1 amide bonds. The average molecular weight is 587 g/mol. The SMILES string of the molecule is CCSc1n[n+]2c(c(=O)[nH]1)-c1cc(Br)ccc1N(C(C)=O)[C@@H]2c1cc(C(C)(C)C)c(O)c(C(C)(C)C)c1. The van der Waals surface area contributed by atoms with Crippen LogP contribution in [0.5, 0.6) is 5.75 Å². The molecule has 9 heteroatoms. The molecule has 0 radical (unpaired) electrons. The van der Waals surface area contributed by atoms with Crippen LogP contribution >= 0.6 is 27.7 Å². The molecule has 2 N–H and O–H groups in total. The summed E-state index contributed by atoms with van der Waals surface area (Å²) in [6.45, 7) is 15.8. The van der Waals surface area contributed by atoms with Crippen LogP contribution in [0.4, 0.5) is 5.69 Å². The highest BCUT2D eigenvalue weighted by Gasteiger charge is 2.46. The van der Waals surface area contributed by atoms with Crippen LogP contribution in [0.25, 0.3) is 11.3 Å². The summed E-state index contributed by atoms with van der Waals surface area (Å²) in [7, 11) is 0. The minimum Gasteiger partial charge on any atom is -0.507 e. The van der Waals surface area contributed by atoms with Crippen molar-refractivity contribution in [2.45, 2.75) is 77.5 Å². The van der Waals surface area contributed by atoms with Gasteiger partial charge in [0.2, 0.25) is 11.1 Å². The summed E-state index contributed by atoms with van der Waals surface area (Å²) in [6, 6.07) is 9.45. The Balaban J connectivity index is 2.15. The summed E-state index contributed by atoms with van der Waals surface area (Å²) in [5.41, 5.74) is 2.94. The van der Waals surface area contributed by atoms with Crippen LogP contribution in [0, 0.1) is 0 Å². The predicted octanol–water partition coefficient (Wildman–Crippen LogP) is 5.81. The first kappa shape index (κ1) is 27.4. The topological polar surface area (TPSA) is 90.2 Å². The van der Waals surface area contributed by atoms with Gasteiger partial charge in [0.25, 0.3) is 6.17 Å². The molecule has 0 saturated carbocycles. The van der Waals surface area contributed by atoms with Gasteiger partial charge in [-0.15, -0.1) is 0 Å². The molecule has 0 unspecified atom stereocenters. The van der Waals surface area contributed by atoms with Crippen LogP contribution in [-0.2, 0) is 15.6 Å². The van der Waals surface area contributed by atoms with Crippen molar-refractivity contribution in [3.8, 4) is 17.0 Å². The maximum atomic E-state index is 13.5. The summed E-state index contributed by atoms with van der Waals surface area (Å²) in [4.78, 5) is 31.4. The molecule has 4 rings (SSSR count).